The number of hydrogen-bond acceptors (Lipinski definition) is 2. The average Bonchev–Trinajstić information content (AvgIpc) is 2.30. The SMILES string of the molecule is CC(=O)CCn1ncc(Cl)c1C. The first-order valence-corrected chi connectivity index (χ1v) is 4.16. The van der Waals surface area contributed by atoms with E-state index in [4.69, 9.17) is 11.6 Å². The van der Waals surface area contributed by atoms with E-state index in [2.05, 4.69) is 5.10 Å². The van der Waals surface area contributed by atoms with Crippen LogP contribution in [0.4, 0.5) is 0 Å². The Labute approximate surface area is 76.3 Å². The Bertz CT molecular complexity index is 293. The second-order valence-corrected chi connectivity index (χ2v) is 3.16. The Morgan fingerprint density at radius 2 is 2.42 bits per heavy atom. The normalized spacial score (nSPS) is 10.2. The summed E-state index contributed by atoms with van der Waals surface area (Å²) in [6.45, 7) is 4.07. The summed E-state index contributed by atoms with van der Waals surface area (Å²) in [5, 5.41) is 4.67. The largest absolute Gasteiger partial charge is 0.300 e. The van der Waals surface area contributed by atoms with Crippen LogP contribution < -0.4 is 0 Å². The Balaban J connectivity index is 2.63. The molecule has 0 aliphatic rings. The molecule has 4 heteroatoms. The van der Waals surface area contributed by atoms with Crippen LogP contribution in [0.3, 0.4) is 0 Å². The molecule has 0 N–H and O–H groups in total. The van der Waals surface area contributed by atoms with Crippen molar-refractivity contribution in [2.75, 3.05) is 0 Å². The van der Waals surface area contributed by atoms with Gasteiger partial charge in [0.25, 0.3) is 0 Å². The van der Waals surface area contributed by atoms with Crippen LogP contribution >= 0.6 is 11.6 Å². The molecular weight excluding hydrogens is 176 g/mol. The lowest BCUT2D eigenvalue weighted by atomic mass is 10.3. The Hall–Kier alpha value is -0.830. The maximum absolute atomic E-state index is 10.7. The van der Waals surface area contributed by atoms with Gasteiger partial charge < -0.3 is 0 Å². The zero-order valence-corrected chi connectivity index (χ0v) is 7.93. The fraction of sp³-hybridized carbons (Fsp3) is 0.500. The molecule has 0 atom stereocenters. The fourth-order valence-electron chi connectivity index (χ4n) is 0.912. The smallest absolute Gasteiger partial charge is 0.131 e. The van der Waals surface area contributed by atoms with Gasteiger partial charge in [0.05, 0.1) is 16.9 Å². The van der Waals surface area contributed by atoms with Gasteiger partial charge in [-0.1, -0.05) is 11.6 Å². The van der Waals surface area contributed by atoms with E-state index in [1.165, 1.54) is 0 Å². The topological polar surface area (TPSA) is 34.9 Å². The van der Waals surface area contributed by atoms with Crippen molar-refractivity contribution < 1.29 is 4.79 Å². The number of aromatic nitrogens is 2. The van der Waals surface area contributed by atoms with E-state index in [1.807, 2.05) is 6.92 Å². The minimum absolute atomic E-state index is 0.168. The minimum atomic E-state index is 0.168. The summed E-state index contributed by atoms with van der Waals surface area (Å²) < 4.78 is 1.74. The number of rotatable bonds is 3. The Morgan fingerprint density at radius 1 is 1.75 bits per heavy atom. The lowest BCUT2D eigenvalue weighted by Gasteiger charge is -2.01. The minimum Gasteiger partial charge on any atom is -0.300 e. The second kappa shape index (κ2) is 3.72. The number of carbonyl (C=O) groups excluding carboxylic acids is 1. The van der Waals surface area contributed by atoms with Crippen molar-refractivity contribution in [3.8, 4) is 0 Å². The first-order chi connectivity index (χ1) is 5.61. The standard InChI is InChI=1S/C8H11ClN2O/c1-6(12)3-4-11-7(2)8(9)5-10-11/h5H,3-4H2,1-2H3. The first-order valence-electron chi connectivity index (χ1n) is 3.78. The third kappa shape index (κ3) is 2.08. The maximum Gasteiger partial charge on any atom is 0.131 e. The molecule has 0 fully saturated rings. The molecule has 0 spiro atoms. The summed E-state index contributed by atoms with van der Waals surface area (Å²) in [6.07, 6.45) is 2.11. The summed E-state index contributed by atoms with van der Waals surface area (Å²) >= 11 is 5.78. The van der Waals surface area contributed by atoms with Gasteiger partial charge >= 0.3 is 0 Å². The molecule has 0 unspecified atom stereocenters. The molecule has 0 aliphatic heterocycles. The Kier molecular flexibility index (Phi) is 2.87. The zero-order chi connectivity index (χ0) is 9.14. The molecular formula is C8H11ClN2O. The van der Waals surface area contributed by atoms with E-state index in [0.29, 0.717) is 18.0 Å². The van der Waals surface area contributed by atoms with E-state index in [-0.39, 0.29) is 5.78 Å². The molecule has 1 aromatic heterocycles. The molecule has 0 aromatic carbocycles. The van der Waals surface area contributed by atoms with E-state index in [0.717, 1.165) is 5.69 Å². The van der Waals surface area contributed by atoms with Gasteiger partial charge in [0, 0.05) is 13.0 Å². The predicted molar refractivity (Wildman–Crippen MR) is 47.3 cm³/mol. The van der Waals surface area contributed by atoms with Crippen LogP contribution in [0.2, 0.25) is 5.02 Å². The van der Waals surface area contributed by atoms with Crippen LogP contribution in [0.25, 0.3) is 0 Å². The van der Waals surface area contributed by atoms with Crippen LogP contribution in [0.15, 0.2) is 6.20 Å². The van der Waals surface area contributed by atoms with Gasteiger partial charge in [-0.3, -0.25) is 9.48 Å². The van der Waals surface area contributed by atoms with Gasteiger partial charge in [-0.25, -0.2) is 0 Å². The molecule has 1 aromatic rings. The molecule has 66 valence electrons. The van der Waals surface area contributed by atoms with E-state index >= 15 is 0 Å². The summed E-state index contributed by atoms with van der Waals surface area (Å²) in [7, 11) is 0. The van der Waals surface area contributed by atoms with Crippen LogP contribution in [0.5, 0.6) is 0 Å². The molecule has 1 rings (SSSR count). The van der Waals surface area contributed by atoms with Crippen molar-refractivity contribution in [2.24, 2.45) is 0 Å². The highest BCUT2D eigenvalue weighted by Crippen LogP contribution is 2.13. The number of nitrogens with zero attached hydrogens (tertiary/aromatic N) is 2. The molecule has 0 saturated carbocycles. The highest BCUT2D eigenvalue weighted by Gasteiger charge is 2.03. The van der Waals surface area contributed by atoms with Crippen molar-refractivity contribution in [3.63, 3.8) is 0 Å². The molecule has 0 bridgehead atoms. The van der Waals surface area contributed by atoms with Crippen LogP contribution in [0, 0.1) is 6.92 Å². The summed E-state index contributed by atoms with van der Waals surface area (Å²) in [5.74, 6) is 0.168. The quantitative estimate of drug-likeness (QED) is 0.722. The molecule has 0 amide bonds. The van der Waals surface area contributed by atoms with Crippen LogP contribution in [-0.2, 0) is 11.3 Å². The first kappa shape index (κ1) is 9.26. The summed E-state index contributed by atoms with van der Waals surface area (Å²) in [4.78, 5) is 10.7. The van der Waals surface area contributed by atoms with E-state index in [9.17, 15) is 4.79 Å². The zero-order valence-electron chi connectivity index (χ0n) is 7.17. The Morgan fingerprint density at radius 3 is 2.83 bits per heavy atom. The van der Waals surface area contributed by atoms with Crippen LogP contribution in [0.1, 0.15) is 19.0 Å². The van der Waals surface area contributed by atoms with Crippen molar-refractivity contribution in [3.05, 3.63) is 16.9 Å². The van der Waals surface area contributed by atoms with Crippen molar-refractivity contribution >= 4 is 17.4 Å². The second-order valence-electron chi connectivity index (χ2n) is 2.75. The number of Topliss-reactive ketones (excluding diaryl/α,β-unsaturated/α-hetero) is 1. The van der Waals surface area contributed by atoms with Crippen molar-refractivity contribution in [1.29, 1.82) is 0 Å². The molecule has 12 heavy (non-hydrogen) atoms. The third-order valence-corrected chi connectivity index (χ3v) is 2.09. The average molecular weight is 187 g/mol. The molecule has 3 nitrogen and oxygen atoms in total. The summed E-state index contributed by atoms with van der Waals surface area (Å²) in [6, 6.07) is 0. The number of carbonyl (C=O) groups is 1. The van der Waals surface area contributed by atoms with Crippen molar-refractivity contribution in [1.82, 2.24) is 9.78 Å². The molecule has 0 saturated heterocycles. The summed E-state index contributed by atoms with van der Waals surface area (Å²) in [5.41, 5.74) is 0.915. The van der Waals surface area contributed by atoms with Gasteiger partial charge in [0.2, 0.25) is 0 Å². The molecule has 0 aliphatic carbocycles. The maximum atomic E-state index is 10.7. The van der Waals surface area contributed by atoms with Gasteiger partial charge in [-0.2, -0.15) is 5.10 Å². The van der Waals surface area contributed by atoms with Gasteiger partial charge in [0.15, 0.2) is 0 Å². The molecule has 1 heterocycles. The lowest BCUT2D eigenvalue weighted by Crippen LogP contribution is -2.05. The van der Waals surface area contributed by atoms with Crippen LogP contribution in [-0.4, -0.2) is 15.6 Å². The number of halogens is 1. The van der Waals surface area contributed by atoms with E-state index < -0.39 is 0 Å². The number of aryl methyl sites for hydroxylation is 1. The van der Waals surface area contributed by atoms with Gasteiger partial charge in [-0.05, 0) is 13.8 Å². The monoisotopic (exact) mass is 186 g/mol. The van der Waals surface area contributed by atoms with Crippen molar-refractivity contribution in [2.45, 2.75) is 26.8 Å². The number of hydrogen-bond donors (Lipinski definition) is 0. The highest BCUT2D eigenvalue weighted by molar-refractivity contribution is 6.31. The van der Waals surface area contributed by atoms with Gasteiger partial charge in [0.1, 0.15) is 5.78 Å². The van der Waals surface area contributed by atoms with Gasteiger partial charge in [-0.15, -0.1) is 0 Å². The highest BCUT2D eigenvalue weighted by atomic mass is 35.5. The number of ketones is 1. The predicted octanol–water partition coefficient (Wildman–Crippen LogP) is 1.82. The lowest BCUT2D eigenvalue weighted by molar-refractivity contribution is -0.117. The third-order valence-electron chi connectivity index (χ3n) is 1.72. The van der Waals surface area contributed by atoms with E-state index in [1.54, 1.807) is 17.8 Å². The fourth-order valence-corrected chi connectivity index (χ4v) is 1.05. The molecule has 0 radical (unpaired) electrons.